The minimum Gasteiger partial charge on any atom is -0.444 e. The van der Waals surface area contributed by atoms with Crippen molar-refractivity contribution in [2.45, 2.75) is 96.1 Å². The Morgan fingerprint density at radius 1 is 1.18 bits per heavy atom. The van der Waals surface area contributed by atoms with Crippen LogP contribution in [0.5, 0.6) is 0 Å². The van der Waals surface area contributed by atoms with Crippen molar-refractivity contribution in [1.82, 2.24) is 25.9 Å². The monoisotopic (exact) mass is 554 g/mol. The molecule has 2 saturated carbocycles. The first-order valence-corrected chi connectivity index (χ1v) is 14.7. The highest BCUT2D eigenvalue weighted by Gasteiger charge is 2.57. The summed E-state index contributed by atoms with van der Waals surface area (Å²) in [4.78, 5) is 35.5. The van der Waals surface area contributed by atoms with E-state index in [2.05, 4.69) is 25.3 Å². The van der Waals surface area contributed by atoms with Crippen LogP contribution in [0, 0.1) is 17.8 Å². The number of pyridine rings is 1. The maximum atomic E-state index is 12.1. The molecular weight excluding hydrogens is 512 g/mol. The zero-order valence-electron chi connectivity index (χ0n) is 23.8. The van der Waals surface area contributed by atoms with Crippen molar-refractivity contribution >= 4 is 17.8 Å². The molecule has 0 bridgehead atoms. The molecule has 3 aliphatic rings. The zero-order valence-corrected chi connectivity index (χ0v) is 23.8. The van der Waals surface area contributed by atoms with Gasteiger partial charge < -0.3 is 19.5 Å². The van der Waals surface area contributed by atoms with Crippen LogP contribution in [0.4, 0.5) is 10.6 Å². The maximum Gasteiger partial charge on any atom is 0.407 e. The highest BCUT2D eigenvalue weighted by atomic mass is 16.6. The van der Waals surface area contributed by atoms with Gasteiger partial charge in [0.1, 0.15) is 11.4 Å². The molecule has 1 aliphatic heterocycles. The van der Waals surface area contributed by atoms with Crippen LogP contribution in [0.3, 0.4) is 0 Å². The Balaban J connectivity index is 1.14. The fourth-order valence-corrected chi connectivity index (χ4v) is 6.31. The van der Waals surface area contributed by atoms with Crippen LogP contribution in [-0.4, -0.2) is 57.1 Å². The average Bonchev–Trinajstić information content (AvgIpc) is 3.30. The second-order valence-electron chi connectivity index (χ2n) is 12.6. The first-order chi connectivity index (χ1) is 19.2. The quantitative estimate of drug-likeness (QED) is 0.278. The number of amides is 2. The van der Waals surface area contributed by atoms with Gasteiger partial charge in [-0.15, -0.1) is 0 Å². The molecule has 3 fully saturated rings. The second-order valence-corrected chi connectivity index (χ2v) is 12.6. The SMILES string of the molecule is CC(C)(C)OC(=O)NC1C2CN(c3ccc(-c4noc(C(CCCC5CCCCC5)CC(=O)NO)n4)cn3)CC21. The predicted molar refractivity (Wildman–Crippen MR) is 148 cm³/mol. The predicted octanol–water partition coefficient (Wildman–Crippen LogP) is 4.82. The number of fused-ring (bicyclic) bond motifs is 1. The van der Waals surface area contributed by atoms with E-state index in [0.717, 1.165) is 49.7 Å². The smallest absolute Gasteiger partial charge is 0.407 e. The van der Waals surface area contributed by atoms with Crippen molar-refractivity contribution in [2.24, 2.45) is 17.8 Å². The molecule has 1 saturated heterocycles. The molecule has 0 spiro atoms. The number of anilines is 1. The summed E-state index contributed by atoms with van der Waals surface area (Å²) < 4.78 is 11.0. The number of alkyl carbamates (subject to hydrolysis) is 1. The number of piperidine rings is 1. The first-order valence-electron chi connectivity index (χ1n) is 14.7. The van der Waals surface area contributed by atoms with Crippen molar-refractivity contribution in [3.8, 4) is 11.4 Å². The molecule has 3 N–H and O–H groups in total. The van der Waals surface area contributed by atoms with Crippen LogP contribution >= 0.6 is 0 Å². The molecule has 0 radical (unpaired) electrons. The molecule has 11 heteroatoms. The third-order valence-corrected chi connectivity index (χ3v) is 8.44. The van der Waals surface area contributed by atoms with Gasteiger partial charge in [0, 0.05) is 55.1 Å². The average molecular weight is 555 g/mol. The van der Waals surface area contributed by atoms with Crippen LogP contribution in [-0.2, 0) is 9.53 Å². The molecule has 11 nitrogen and oxygen atoms in total. The van der Waals surface area contributed by atoms with Gasteiger partial charge in [-0.2, -0.15) is 4.98 Å². The van der Waals surface area contributed by atoms with Gasteiger partial charge in [0.05, 0.1) is 0 Å². The molecule has 3 atom stereocenters. The Morgan fingerprint density at radius 2 is 1.93 bits per heavy atom. The van der Waals surface area contributed by atoms with Gasteiger partial charge in [-0.3, -0.25) is 10.0 Å². The largest absolute Gasteiger partial charge is 0.444 e. The lowest BCUT2D eigenvalue weighted by atomic mass is 9.84. The lowest BCUT2D eigenvalue weighted by Crippen LogP contribution is -2.38. The number of nitrogens with one attached hydrogen (secondary N) is 2. The van der Waals surface area contributed by atoms with E-state index < -0.39 is 11.5 Å². The topological polar surface area (TPSA) is 143 Å². The Hall–Kier alpha value is -3.21. The van der Waals surface area contributed by atoms with Gasteiger partial charge in [0.2, 0.25) is 17.6 Å². The van der Waals surface area contributed by atoms with E-state index >= 15 is 0 Å². The summed E-state index contributed by atoms with van der Waals surface area (Å²) in [5, 5.41) is 16.2. The second kappa shape index (κ2) is 12.1. The van der Waals surface area contributed by atoms with Crippen molar-refractivity contribution in [2.75, 3.05) is 18.0 Å². The van der Waals surface area contributed by atoms with Crippen LogP contribution < -0.4 is 15.7 Å². The van der Waals surface area contributed by atoms with Crippen LogP contribution in [0.25, 0.3) is 11.4 Å². The fraction of sp³-hybridized carbons (Fsp3) is 0.690. The highest BCUT2D eigenvalue weighted by molar-refractivity contribution is 5.75. The summed E-state index contributed by atoms with van der Waals surface area (Å²) in [6, 6.07) is 4.04. The molecule has 2 aromatic heterocycles. The molecule has 2 aromatic rings. The summed E-state index contributed by atoms with van der Waals surface area (Å²) in [6.07, 6.45) is 10.9. The van der Waals surface area contributed by atoms with Crippen LogP contribution in [0.2, 0.25) is 0 Å². The first kappa shape index (κ1) is 28.3. The minimum atomic E-state index is -0.505. The normalized spacial score (nSPS) is 23.4. The van der Waals surface area contributed by atoms with Crippen LogP contribution in [0.15, 0.2) is 22.9 Å². The summed E-state index contributed by atoms with van der Waals surface area (Å²) in [5.74, 6) is 2.58. The van der Waals surface area contributed by atoms with Gasteiger partial charge in [0.25, 0.3) is 0 Å². The number of nitrogens with zero attached hydrogens (tertiary/aromatic N) is 4. The maximum absolute atomic E-state index is 12.1. The number of hydrogen-bond acceptors (Lipinski definition) is 9. The number of rotatable bonds is 10. The zero-order chi connectivity index (χ0) is 28.3. The van der Waals surface area contributed by atoms with Crippen molar-refractivity contribution in [1.29, 1.82) is 0 Å². The molecule has 0 aromatic carbocycles. The Labute approximate surface area is 235 Å². The fourth-order valence-electron chi connectivity index (χ4n) is 6.31. The number of carbonyl (C=O) groups is 2. The molecule has 2 aliphatic carbocycles. The van der Waals surface area contributed by atoms with E-state index in [-0.39, 0.29) is 24.5 Å². The number of aromatic nitrogens is 3. The van der Waals surface area contributed by atoms with E-state index in [1.54, 1.807) is 11.7 Å². The highest BCUT2D eigenvalue weighted by Crippen LogP contribution is 2.46. The molecule has 3 heterocycles. The van der Waals surface area contributed by atoms with Gasteiger partial charge in [-0.05, 0) is 45.2 Å². The van der Waals surface area contributed by atoms with E-state index in [1.165, 1.54) is 32.1 Å². The third-order valence-electron chi connectivity index (χ3n) is 8.44. The Morgan fingerprint density at radius 3 is 2.58 bits per heavy atom. The number of hydrogen-bond donors (Lipinski definition) is 3. The molecule has 5 rings (SSSR count). The lowest BCUT2D eigenvalue weighted by Gasteiger charge is -2.23. The van der Waals surface area contributed by atoms with E-state index in [1.807, 2.05) is 32.9 Å². The van der Waals surface area contributed by atoms with E-state index in [0.29, 0.717) is 23.6 Å². The third kappa shape index (κ3) is 7.10. The Kier molecular flexibility index (Phi) is 8.58. The van der Waals surface area contributed by atoms with Crippen molar-refractivity contribution in [3.63, 3.8) is 0 Å². The van der Waals surface area contributed by atoms with Crippen molar-refractivity contribution in [3.05, 3.63) is 24.2 Å². The van der Waals surface area contributed by atoms with Gasteiger partial charge in [-0.25, -0.2) is 15.3 Å². The molecule has 218 valence electrons. The van der Waals surface area contributed by atoms with Crippen LogP contribution in [0.1, 0.15) is 90.4 Å². The molecule has 2 amide bonds. The summed E-state index contributed by atoms with van der Waals surface area (Å²) in [7, 11) is 0. The molecule has 3 unspecified atom stereocenters. The van der Waals surface area contributed by atoms with E-state index in [4.69, 9.17) is 14.5 Å². The lowest BCUT2D eigenvalue weighted by molar-refractivity contribution is -0.129. The van der Waals surface area contributed by atoms with Crippen molar-refractivity contribution < 1.29 is 24.1 Å². The summed E-state index contributed by atoms with van der Waals surface area (Å²) >= 11 is 0. The summed E-state index contributed by atoms with van der Waals surface area (Å²) in [5.41, 5.74) is 1.96. The number of ether oxygens (including phenoxy) is 1. The summed E-state index contributed by atoms with van der Waals surface area (Å²) in [6.45, 7) is 7.25. The van der Waals surface area contributed by atoms with Gasteiger partial charge in [0.15, 0.2) is 0 Å². The number of carbonyl (C=O) groups excluding carboxylic acids is 2. The molecule has 40 heavy (non-hydrogen) atoms. The van der Waals surface area contributed by atoms with Gasteiger partial charge >= 0.3 is 6.09 Å². The van der Waals surface area contributed by atoms with E-state index in [9.17, 15) is 9.59 Å². The standard InChI is InChI=1S/C29H42N6O5/c1-29(2,3)39-28(37)31-25-21-16-35(17-22(21)25)23-13-12-20(15-30-23)26-32-27(40-34-26)19(14-24(36)33-38)11-7-10-18-8-5-4-6-9-18/h12-13,15,18-19,21-22,25,38H,4-11,14,16-17H2,1-3H3,(H,31,37)(H,33,36). The van der Waals surface area contributed by atoms with Gasteiger partial charge in [-0.1, -0.05) is 50.1 Å². The Bertz CT molecular complexity index is 1140. The molecular formula is C29H42N6O5. The minimum absolute atomic E-state index is 0.0983. The number of hydroxylamine groups is 1.